The Morgan fingerprint density at radius 2 is 0.524 bits per heavy atom. The van der Waals surface area contributed by atoms with Crippen LogP contribution in [0.25, 0.3) is 0 Å². The van der Waals surface area contributed by atoms with E-state index >= 15 is 0 Å². The minimum atomic E-state index is -0.762. The third kappa shape index (κ3) is 51.3. The second-order valence-corrected chi connectivity index (χ2v) is 20.5. The lowest BCUT2D eigenvalue weighted by atomic mass is 10.0. The summed E-state index contributed by atoms with van der Waals surface area (Å²) in [7, 11) is 0. The molecule has 6 nitrogen and oxygen atoms in total. The van der Waals surface area contributed by atoms with Gasteiger partial charge in [0.1, 0.15) is 13.2 Å². The largest absolute Gasteiger partial charge is 0.462 e. The fourth-order valence-electron chi connectivity index (χ4n) is 8.70. The van der Waals surface area contributed by atoms with Gasteiger partial charge in [0.05, 0.1) is 0 Å². The molecule has 0 spiro atoms. The summed E-state index contributed by atoms with van der Waals surface area (Å²) >= 11 is 0. The van der Waals surface area contributed by atoms with E-state index in [9.17, 15) is 14.4 Å². The van der Waals surface area contributed by atoms with Gasteiger partial charge in [-0.05, 0) is 31.1 Å². The van der Waals surface area contributed by atoms with E-state index in [0.29, 0.717) is 19.3 Å². The second-order valence-electron chi connectivity index (χ2n) is 20.5. The van der Waals surface area contributed by atoms with Crippen molar-refractivity contribution in [2.75, 3.05) is 13.2 Å². The molecule has 1 atom stereocenters. The van der Waals surface area contributed by atoms with Crippen LogP contribution in [0.2, 0.25) is 0 Å². The summed E-state index contributed by atoms with van der Waals surface area (Å²) in [6, 6.07) is 0. The zero-order chi connectivity index (χ0) is 46.1. The van der Waals surface area contributed by atoms with Gasteiger partial charge >= 0.3 is 17.9 Å². The molecule has 0 N–H and O–H groups in total. The quantitative estimate of drug-likeness (QED) is 0.0344. The first-order valence-corrected chi connectivity index (χ1v) is 28.2. The van der Waals surface area contributed by atoms with Crippen LogP contribution < -0.4 is 0 Å². The van der Waals surface area contributed by atoms with Crippen molar-refractivity contribution in [3.8, 4) is 0 Å². The Morgan fingerprint density at radius 1 is 0.302 bits per heavy atom. The zero-order valence-electron chi connectivity index (χ0n) is 43.2. The van der Waals surface area contributed by atoms with Gasteiger partial charge < -0.3 is 14.2 Å². The highest BCUT2D eigenvalue weighted by Gasteiger charge is 2.19. The summed E-state index contributed by atoms with van der Waals surface area (Å²) in [5.41, 5.74) is 0. The Kier molecular flexibility index (Phi) is 48.6. The molecular formula is C57H110O6. The Labute approximate surface area is 393 Å². The molecular weight excluding hydrogens is 781 g/mol. The highest BCUT2D eigenvalue weighted by atomic mass is 16.6. The third-order valence-corrected chi connectivity index (χ3v) is 13.0. The first kappa shape index (κ1) is 61.4. The molecule has 0 rings (SSSR count). The first-order valence-electron chi connectivity index (χ1n) is 28.2. The smallest absolute Gasteiger partial charge is 0.306 e. The van der Waals surface area contributed by atoms with Crippen LogP contribution in [0.15, 0.2) is 0 Å². The number of carbonyl (C=O) groups is 3. The van der Waals surface area contributed by atoms with Crippen molar-refractivity contribution in [1.82, 2.24) is 0 Å². The van der Waals surface area contributed by atoms with Crippen molar-refractivity contribution in [3.05, 3.63) is 0 Å². The molecule has 0 radical (unpaired) electrons. The lowest BCUT2D eigenvalue weighted by Gasteiger charge is -2.18. The van der Waals surface area contributed by atoms with E-state index in [1.807, 2.05) is 0 Å². The predicted octanol–water partition coefficient (Wildman–Crippen LogP) is 18.5. The summed E-state index contributed by atoms with van der Waals surface area (Å²) < 4.78 is 16.8. The summed E-state index contributed by atoms with van der Waals surface area (Å²) in [6.07, 6.45) is 52.5. The number of hydrogen-bond donors (Lipinski definition) is 0. The highest BCUT2D eigenvalue weighted by Crippen LogP contribution is 2.18. The van der Waals surface area contributed by atoms with Gasteiger partial charge in [0.2, 0.25) is 0 Å². The van der Waals surface area contributed by atoms with Crippen molar-refractivity contribution < 1.29 is 28.6 Å². The number of esters is 3. The van der Waals surface area contributed by atoms with E-state index in [4.69, 9.17) is 14.2 Å². The minimum Gasteiger partial charge on any atom is -0.462 e. The summed E-state index contributed by atoms with van der Waals surface area (Å²) in [4.78, 5) is 38.0. The van der Waals surface area contributed by atoms with E-state index in [0.717, 1.165) is 69.6 Å². The van der Waals surface area contributed by atoms with Crippen molar-refractivity contribution in [2.24, 2.45) is 11.8 Å². The molecule has 63 heavy (non-hydrogen) atoms. The van der Waals surface area contributed by atoms with Crippen LogP contribution in [0.3, 0.4) is 0 Å². The number of hydrogen-bond acceptors (Lipinski definition) is 6. The van der Waals surface area contributed by atoms with Crippen molar-refractivity contribution >= 4 is 17.9 Å². The fourth-order valence-corrected chi connectivity index (χ4v) is 8.70. The molecule has 0 saturated carbocycles. The minimum absolute atomic E-state index is 0.0634. The van der Waals surface area contributed by atoms with Gasteiger partial charge in [0.25, 0.3) is 0 Å². The Morgan fingerprint density at radius 3 is 0.778 bits per heavy atom. The molecule has 0 aromatic carbocycles. The van der Waals surface area contributed by atoms with Gasteiger partial charge in [0.15, 0.2) is 6.10 Å². The van der Waals surface area contributed by atoms with Gasteiger partial charge in [-0.15, -0.1) is 0 Å². The third-order valence-electron chi connectivity index (χ3n) is 13.0. The van der Waals surface area contributed by atoms with E-state index in [2.05, 4.69) is 34.6 Å². The first-order chi connectivity index (χ1) is 30.7. The highest BCUT2D eigenvalue weighted by molar-refractivity contribution is 5.71. The van der Waals surface area contributed by atoms with Gasteiger partial charge in [-0.3, -0.25) is 14.4 Å². The number of rotatable bonds is 51. The predicted molar refractivity (Wildman–Crippen MR) is 270 cm³/mol. The van der Waals surface area contributed by atoms with Gasteiger partial charge in [0, 0.05) is 19.3 Å². The molecule has 0 aromatic rings. The zero-order valence-corrected chi connectivity index (χ0v) is 43.2. The lowest BCUT2D eigenvalue weighted by molar-refractivity contribution is -0.167. The lowest BCUT2D eigenvalue weighted by Crippen LogP contribution is -2.30. The van der Waals surface area contributed by atoms with Crippen LogP contribution in [0.5, 0.6) is 0 Å². The molecule has 0 amide bonds. The van der Waals surface area contributed by atoms with Crippen LogP contribution >= 0.6 is 0 Å². The van der Waals surface area contributed by atoms with Crippen molar-refractivity contribution in [3.63, 3.8) is 0 Å². The normalized spacial score (nSPS) is 12.0. The van der Waals surface area contributed by atoms with Gasteiger partial charge in [-0.2, -0.15) is 0 Å². The molecule has 0 heterocycles. The van der Waals surface area contributed by atoms with Gasteiger partial charge in [-0.1, -0.05) is 279 Å². The standard InChI is InChI=1S/C57H110O6/c1-6-7-8-9-10-11-12-13-14-18-22-25-28-33-39-44-49-57(60)63-54(51-62-56(59)48-43-38-34-29-31-36-41-46-53(4)5)50-61-55(58)47-42-37-32-27-24-21-19-16-15-17-20-23-26-30-35-40-45-52(2)3/h52-54H,6-51H2,1-5H3/t54-/m0/s1. The maximum absolute atomic E-state index is 12.8. The van der Waals surface area contributed by atoms with Crippen LogP contribution in [-0.2, 0) is 28.6 Å². The summed E-state index contributed by atoms with van der Waals surface area (Å²) in [5, 5.41) is 0. The monoisotopic (exact) mass is 891 g/mol. The molecule has 0 fully saturated rings. The van der Waals surface area contributed by atoms with E-state index < -0.39 is 6.10 Å². The summed E-state index contributed by atoms with van der Waals surface area (Å²) in [6.45, 7) is 11.4. The maximum atomic E-state index is 12.8. The average Bonchev–Trinajstić information content (AvgIpc) is 3.25. The second kappa shape index (κ2) is 49.8. The Balaban J connectivity index is 4.24. The SMILES string of the molecule is CCCCCCCCCCCCCCCCCCC(=O)O[C@@H](COC(=O)CCCCCCCCCCCCCCCCCCC(C)C)COC(=O)CCCCCCCCCC(C)C. The van der Waals surface area contributed by atoms with Crippen LogP contribution in [0, 0.1) is 11.8 Å². The molecule has 0 saturated heterocycles. The fraction of sp³-hybridized carbons (Fsp3) is 0.947. The van der Waals surface area contributed by atoms with E-state index in [1.165, 1.54) is 205 Å². The molecule has 0 aliphatic carbocycles. The molecule has 0 aromatic heterocycles. The maximum Gasteiger partial charge on any atom is 0.306 e. The molecule has 0 bridgehead atoms. The van der Waals surface area contributed by atoms with E-state index in [-0.39, 0.29) is 31.1 Å². The van der Waals surface area contributed by atoms with Crippen molar-refractivity contribution in [2.45, 2.75) is 323 Å². The van der Waals surface area contributed by atoms with Crippen molar-refractivity contribution in [1.29, 1.82) is 0 Å². The Bertz CT molecular complexity index is 962. The van der Waals surface area contributed by atoms with Crippen LogP contribution in [0.4, 0.5) is 0 Å². The number of unbranched alkanes of at least 4 members (excludes halogenated alkanes) is 36. The molecule has 6 heteroatoms. The van der Waals surface area contributed by atoms with Crippen LogP contribution in [-0.4, -0.2) is 37.2 Å². The van der Waals surface area contributed by atoms with E-state index in [1.54, 1.807) is 0 Å². The number of ether oxygens (including phenoxy) is 3. The molecule has 0 aliphatic rings. The molecule has 0 aliphatic heterocycles. The molecule has 0 unspecified atom stereocenters. The average molecular weight is 892 g/mol. The summed E-state index contributed by atoms with van der Waals surface area (Å²) in [5.74, 6) is 0.790. The molecule has 374 valence electrons. The number of carbonyl (C=O) groups excluding carboxylic acids is 3. The Hall–Kier alpha value is -1.59. The topological polar surface area (TPSA) is 78.9 Å². The van der Waals surface area contributed by atoms with Gasteiger partial charge in [-0.25, -0.2) is 0 Å². The van der Waals surface area contributed by atoms with Crippen LogP contribution in [0.1, 0.15) is 317 Å².